The van der Waals surface area contributed by atoms with Crippen molar-refractivity contribution in [3.8, 4) is 0 Å². The van der Waals surface area contributed by atoms with Crippen LogP contribution in [0.4, 0.5) is 4.39 Å². The zero-order chi connectivity index (χ0) is 15.5. The van der Waals surface area contributed by atoms with Gasteiger partial charge in [0.2, 0.25) is 10.0 Å². The highest BCUT2D eigenvalue weighted by Gasteiger charge is 2.27. The number of aliphatic hydroxyl groups is 1. The second-order valence-corrected chi connectivity index (χ2v) is 7.37. The van der Waals surface area contributed by atoms with Crippen LogP contribution in [0.1, 0.15) is 17.4 Å². The average Bonchev–Trinajstić information content (AvgIpc) is 2.98. The molecule has 0 spiro atoms. The van der Waals surface area contributed by atoms with Crippen LogP contribution in [0.2, 0.25) is 0 Å². The average molecular weight is 329 g/mol. The molecule has 0 atom stereocenters. The Kier molecular flexibility index (Phi) is 5.10. The summed E-state index contributed by atoms with van der Waals surface area (Å²) >= 11 is 1.45. The molecule has 0 amide bonds. The van der Waals surface area contributed by atoms with Gasteiger partial charge < -0.3 is 5.11 Å². The highest BCUT2D eigenvalue weighted by molar-refractivity contribution is 7.89. The SMILES string of the molecule is CCN(Cc1cccs1)S(=O)(=O)c1cc(CO)ccc1F. The van der Waals surface area contributed by atoms with Gasteiger partial charge in [-0.05, 0) is 29.1 Å². The predicted octanol–water partition coefficient (Wildman–Crippen LogP) is 2.59. The van der Waals surface area contributed by atoms with E-state index in [0.29, 0.717) is 5.56 Å². The quantitative estimate of drug-likeness (QED) is 0.886. The molecule has 1 aromatic carbocycles. The molecule has 4 nitrogen and oxygen atoms in total. The van der Waals surface area contributed by atoms with E-state index in [1.165, 1.54) is 27.8 Å². The molecule has 0 saturated heterocycles. The number of halogens is 1. The predicted molar refractivity (Wildman–Crippen MR) is 79.9 cm³/mol. The molecule has 21 heavy (non-hydrogen) atoms. The van der Waals surface area contributed by atoms with Crippen LogP contribution in [0, 0.1) is 5.82 Å². The van der Waals surface area contributed by atoms with E-state index in [0.717, 1.165) is 10.9 Å². The first-order chi connectivity index (χ1) is 9.98. The number of sulfonamides is 1. The Morgan fingerprint density at radius 2 is 2.10 bits per heavy atom. The van der Waals surface area contributed by atoms with E-state index in [2.05, 4.69) is 0 Å². The molecule has 114 valence electrons. The van der Waals surface area contributed by atoms with Gasteiger partial charge in [0.25, 0.3) is 0 Å². The van der Waals surface area contributed by atoms with Crippen LogP contribution < -0.4 is 0 Å². The van der Waals surface area contributed by atoms with Gasteiger partial charge in [-0.3, -0.25) is 0 Å². The molecule has 1 N–H and O–H groups in total. The summed E-state index contributed by atoms with van der Waals surface area (Å²) in [7, 11) is -3.94. The van der Waals surface area contributed by atoms with Crippen LogP contribution in [0.3, 0.4) is 0 Å². The maximum absolute atomic E-state index is 13.9. The van der Waals surface area contributed by atoms with Crippen molar-refractivity contribution in [3.05, 3.63) is 52.0 Å². The van der Waals surface area contributed by atoms with Gasteiger partial charge in [0.15, 0.2) is 0 Å². The maximum atomic E-state index is 13.9. The fourth-order valence-corrected chi connectivity index (χ4v) is 4.27. The van der Waals surface area contributed by atoms with E-state index in [1.807, 2.05) is 17.5 Å². The van der Waals surface area contributed by atoms with Crippen molar-refractivity contribution < 1.29 is 17.9 Å². The molecule has 0 aliphatic rings. The van der Waals surface area contributed by atoms with Crippen molar-refractivity contribution in [2.24, 2.45) is 0 Å². The molecule has 2 aromatic rings. The molecule has 2 rings (SSSR count). The molecule has 0 unspecified atom stereocenters. The van der Waals surface area contributed by atoms with Crippen molar-refractivity contribution in [1.29, 1.82) is 0 Å². The lowest BCUT2D eigenvalue weighted by atomic mass is 10.2. The molecule has 0 saturated carbocycles. The van der Waals surface area contributed by atoms with Gasteiger partial charge in [-0.2, -0.15) is 4.31 Å². The second kappa shape index (κ2) is 6.65. The van der Waals surface area contributed by atoms with Gasteiger partial charge in [0.05, 0.1) is 6.61 Å². The maximum Gasteiger partial charge on any atom is 0.246 e. The molecule has 0 aliphatic heterocycles. The highest BCUT2D eigenvalue weighted by Crippen LogP contribution is 2.23. The van der Waals surface area contributed by atoms with Crippen LogP contribution in [-0.2, 0) is 23.2 Å². The summed E-state index contributed by atoms with van der Waals surface area (Å²) < 4.78 is 40.3. The minimum absolute atomic E-state index is 0.208. The van der Waals surface area contributed by atoms with Crippen molar-refractivity contribution in [2.75, 3.05) is 6.54 Å². The molecule has 7 heteroatoms. The first-order valence-corrected chi connectivity index (χ1v) is 8.72. The summed E-state index contributed by atoms with van der Waals surface area (Å²) in [5.41, 5.74) is 0.363. The van der Waals surface area contributed by atoms with Crippen LogP contribution in [-0.4, -0.2) is 24.4 Å². The third kappa shape index (κ3) is 3.49. The Morgan fingerprint density at radius 3 is 2.67 bits per heavy atom. The number of aliphatic hydroxyl groups excluding tert-OH is 1. The standard InChI is InChI=1S/C14H16FNO3S2/c1-2-16(9-12-4-3-7-20-12)21(18,19)14-8-11(10-17)5-6-13(14)15/h3-8,17H,2,9-10H2,1H3. The normalized spacial score (nSPS) is 12.0. The van der Waals surface area contributed by atoms with E-state index >= 15 is 0 Å². The fraction of sp³-hybridized carbons (Fsp3) is 0.286. The van der Waals surface area contributed by atoms with Gasteiger partial charge in [0.1, 0.15) is 10.7 Å². The lowest BCUT2D eigenvalue weighted by molar-refractivity contribution is 0.281. The minimum atomic E-state index is -3.94. The van der Waals surface area contributed by atoms with E-state index in [9.17, 15) is 12.8 Å². The number of thiophene rings is 1. The van der Waals surface area contributed by atoms with Crippen molar-refractivity contribution >= 4 is 21.4 Å². The largest absolute Gasteiger partial charge is 0.392 e. The summed E-state index contributed by atoms with van der Waals surface area (Å²) in [5.74, 6) is -0.808. The minimum Gasteiger partial charge on any atom is -0.392 e. The van der Waals surface area contributed by atoms with Crippen LogP contribution in [0.15, 0.2) is 40.6 Å². The number of benzene rings is 1. The van der Waals surface area contributed by atoms with Crippen molar-refractivity contribution in [2.45, 2.75) is 25.0 Å². The Morgan fingerprint density at radius 1 is 1.33 bits per heavy atom. The monoisotopic (exact) mass is 329 g/mol. The Balaban J connectivity index is 2.39. The summed E-state index contributed by atoms with van der Waals surface area (Å²) in [4.78, 5) is 0.492. The molecule has 1 heterocycles. The summed E-state index contributed by atoms with van der Waals surface area (Å²) in [6.45, 7) is 1.82. The number of hydrogen-bond acceptors (Lipinski definition) is 4. The van der Waals surface area contributed by atoms with Gasteiger partial charge in [-0.25, -0.2) is 12.8 Å². The molecule has 1 aromatic heterocycles. The number of nitrogens with zero attached hydrogens (tertiary/aromatic N) is 1. The molecular formula is C14H16FNO3S2. The molecule has 0 aliphatic carbocycles. The van der Waals surface area contributed by atoms with Gasteiger partial charge in [-0.15, -0.1) is 11.3 Å². The second-order valence-electron chi connectivity index (χ2n) is 4.43. The summed E-state index contributed by atoms with van der Waals surface area (Å²) in [5, 5.41) is 11.0. The zero-order valence-corrected chi connectivity index (χ0v) is 13.1. The number of hydrogen-bond donors (Lipinski definition) is 1. The molecular weight excluding hydrogens is 313 g/mol. The topological polar surface area (TPSA) is 57.6 Å². The summed E-state index contributed by atoms with van der Waals surface area (Å²) in [6.07, 6.45) is 0. The van der Waals surface area contributed by atoms with Crippen LogP contribution in [0.5, 0.6) is 0 Å². The lowest BCUT2D eigenvalue weighted by Gasteiger charge is -2.20. The Hall–Kier alpha value is -1.28. The van der Waals surface area contributed by atoms with Crippen molar-refractivity contribution in [3.63, 3.8) is 0 Å². The third-order valence-electron chi connectivity index (χ3n) is 3.06. The van der Waals surface area contributed by atoms with Gasteiger partial charge >= 0.3 is 0 Å². The number of rotatable bonds is 6. The summed E-state index contributed by atoms with van der Waals surface area (Å²) in [6, 6.07) is 7.29. The van der Waals surface area contributed by atoms with E-state index in [4.69, 9.17) is 5.11 Å². The van der Waals surface area contributed by atoms with Crippen LogP contribution in [0.25, 0.3) is 0 Å². The van der Waals surface area contributed by atoms with Crippen molar-refractivity contribution in [1.82, 2.24) is 4.31 Å². The van der Waals surface area contributed by atoms with Gasteiger partial charge in [-0.1, -0.05) is 19.1 Å². The first kappa shape index (κ1) is 16.1. The smallest absolute Gasteiger partial charge is 0.246 e. The zero-order valence-electron chi connectivity index (χ0n) is 11.5. The first-order valence-electron chi connectivity index (χ1n) is 6.41. The van der Waals surface area contributed by atoms with E-state index < -0.39 is 20.7 Å². The Labute approximate surface area is 127 Å². The van der Waals surface area contributed by atoms with Gasteiger partial charge in [0, 0.05) is 18.0 Å². The van der Waals surface area contributed by atoms with E-state index in [-0.39, 0.29) is 19.7 Å². The molecule has 0 radical (unpaired) electrons. The third-order valence-corrected chi connectivity index (χ3v) is 5.86. The fourth-order valence-electron chi connectivity index (χ4n) is 1.93. The van der Waals surface area contributed by atoms with Crippen LogP contribution >= 0.6 is 11.3 Å². The highest BCUT2D eigenvalue weighted by atomic mass is 32.2. The Bertz CT molecular complexity index is 699. The van der Waals surface area contributed by atoms with E-state index in [1.54, 1.807) is 6.92 Å². The molecule has 0 fully saturated rings. The lowest BCUT2D eigenvalue weighted by Crippen LogP contribution is -2.30. The molecule has 0 bridgehead atoms.